The minimum Gasteiger partial charge on any atom is -0.265 e. The number of nitriles is 1. The lowest BCUT2D eigenvalue weighted by molar-refractivity contribution is 0.659. The molecule has 124 valence electrons. The third-order valence-electron chi connectivity index (χ3n) is 4.24. The fraction of sp³-hybridized carbons (Fsp3) is 0.190. The lowest BCUT2D eigenvalue weighted by Crippen LogP contribution is -2.04. The van der Waals surface area contributed by atoms with Crippen molar-refractivity contribution in [1.29, 1.82) is 5.26 Å². The Bertz CT molecular complexity index is 942. The van der Waals surface area contributed by atoms with Crippen LogP contribution in [0.4, 0.5) is 0 Å². The van der Waals surface area contributed by atoms with Gasteiger partial charge in [-0.15, -0.1) is 0 Å². The standard InChI is InChI=1S/C21H20N4/c1-15-7-9-18(10-8-15)14-25-17(3)20(16(2)24-25)12-19(13-22)21-6-4-5-11-23-21/h4-12H,14H2,1-3H3. The van der Waals surface area contributed by atoms with Gasteiger partial charge in [-0.2, -0.15) is 10.4 Å². The van der Waals surface area contributed by atoms with Crippen molar-refractivity contribution in [3.8, 4) is 6.07 Å². The van der Waals surface area contributed by atoms with Crippen LogP contribution in [-0.4, -0.2) is 14.8 Å². The first-order valence-corrected chi connectivity index (χ1v) is 8.21. The van der Waals surface area contributed by atoms with Crippen LogP contribution >= 0.6 is 0 Å². The molecular weight excluding hydrogens is 308 g/mol. The van der Waals surface area contributed by atoms with Gasteiger partial charge in [0.1, 0.15) is 6.07 Å². The highest BCUT2D eigenvalue weighted by molar-refractivity contribution is 5.89. The summed E-state index contributed by atoms with van der Waals surface area (Å²) in [6, 6.07) is 16.3. The minimum atomic E-state index is 0.543. The van der Waals surface area contributed by atoms with E-state index >= 15 is 0 Å². The Morgan fingerprint density at radius 2 is 1.88 bits per heavy atom. The maximum Gasteiger partial charge on any atom is 0.101 e. The van der Waals surface area contributed by atoms with Crippen molar-refractivity contribution < 1.29 is 0 Å². The zero-order chi connectivity index (χ0) is 17.8. The van der Waals surface area contributed by atoms with Gasteiger partial charge in [0.15, 0.2) is 0 Å². The van der Waals surface area contributed by atoms with Crippen molar-refractivity contribution in [1.82, 2.24) is 14.8 Å². The van der Waals surface area contributed by atoms with Crippen LogP contribution in [0.25, 0.3) is 11.6 Å². The molecule has 0 N–H and O–H groups in total. The van der Waals surface area contributed by atoms with Gasteiger partial charge in [0.05, 0.1) is 23.5 Å². The summed E-state index contributed by atoms with van der Waals surface area (Å²) >= 11 is 0. The summed E-state index contributed by atoms with van der Waals surface area (Å²) in [7, 11) is 0. The molecule has 0 unspecified atom stereocenters. The topological polar surface area (TPSA) is 54.5 Å². The zero-order valence-electron chi connectivity index (χ0n) is 14.7. The summed E-state index contributed by atoms with van der Waals surface area (Å²) in [6.45, 7) is 6.80. The van der Waals surface area contributed by atoms with Crippen molar-refractivity contribution >= 4 is 11.6 Å². The van der Waals surface area contributed by atoms with Crippen LogP contribution in [-0.2, 0) is 6.54 Å². The summed E-state index contributed by atoms with van der Waals surface area (Å²) in [5, 5.41) is 14.2. The first-order chi connectivity index (χ1) is 12.1. The summed E-state index contributed by atoms with van der Waals surface area (Å²) in [5.74, 6) is 0. The monoisotopic (exact) mass is 328 g/mol. The molecule has 4 heteroatoms. The number of aryl methyl sites for hydroxylation is 2. The number of nitrogens with zero attached hydrogens (tertiary/aromatic N) is 4. The number of aromatic nitrogens is 3. The first kappa shape index (κ1) is 16.7. The second kappa shape index (κ2) is 7.14. The van der Waals surface area contributed by atoms with Crippen molar-refractivity contribution in [2.24, 2.45) is 0 Å². The number of hydrogen-bond acceptors (Lipinski definition) is 3. The minimum absolute atomic E-state index is 0.543. The molecule has 0 aliphatic rings. The second-order valence-corrected chi connectivity index (χ2v) is 6.11. The van der Waals surface area contributed by atoms with E-state index in [1.54, 1.807) is 6.20 Å². The van der Waals surface area contributed by atoms with Gasteiger partial charge in [-0.25, -0.2) is 0 Å². The fourth-order valence-electron chi connectivity index (χ4n) is 2.77. The number of benzene rings is 1. The molecule has 0 saturated carbocycles. The van der Waals surface area contributed by atoms with Crippen molar-refractivity contribution in [2.75, 3.05) is 0 Å². The van der Waals surface area contributed by atoms with E-state index in [-0.39, 0.29) is 0 Å². The highest BCUT2D eigenvalue weighted by Gasteiger charge is 2.12. The van der Waals surface area contributed by atoms with Gasteiger partial charge in [-0.1, -0.05) is 35.9 Å². The number of rotatable bonds is 4. The van der Waals surface area contributed by atoms with Crippen LogP contribution in [0.2, 0.25) is 0 Å². The summed E-state index contributed by atoms with van der Waals surface area (Å²) < 4.78 is 1.99. The Hall–Kier alpha value is -3.19. The Morgan fingerprint density at radius 3 is 2.52 bits per heavy atom. The molecule has 3 rings (SSSR count). The summed E-state index contributed by atoms with van der Waals surface area (Å²) in [6.07, 6.45) is 3.58. The predicted octanol–water partition coefficient (Wildman–Crippen LogP) is 4.32. The molecule has 0 fully saturated rings. The average Bonchev–Trinajstić information content (AvgIpc) is 2.89. The van der Waals surface area contributed by atoms with Gasteiger partial charge >= 0.3 is 0 Å². The van der Waals surface area contributed by atoms with Crippen LogP contribution in [0.1, 0.15) is 33.8 Å². The molecule has 0 aliphatic heterocycles. The quantitative estimate of drug-likeness (QED) is 0.670. The highest BCUT2D eigenvalue weighted by Crippen LogP contribution is 2.21. The van der Waals surface area contributed by atoms with Crippen LogP contribution in [0.15, 0.2) is 48.7 Å². The fourth-order valence-corrected chi connectivity index (χ4v) is 2.77. The summed E-state index contributed by atoms with van der Waals surface area (Å²) in [5.41, 5.74) is 6.60. The predicted molar refractivity (Wildman–Crippen MR) is 99.7 cm³/mol. The number of hydrogen-bond donors (Lipinski definition) is 0. The molecule has 0 saturated heterocycles. The Kier molecular flexibility index (Phi) is 4.76. The van der Waals surface area contributed by atoms with Crippen molar-refractivity contribution in [3.63, 3.8) is 0 Å². The summed E-state index contributed by atoms with van der Waals surface area (Å²) in [4.78, 5) is 4.27. The van der Waals surface area contributed by atoms with Gasteiger partial charge < -0.3 is 0 Å². The van der Waals surface area contributed by atoms with Gasteiger partial charge in [0, 0.05) is 17.5 Å². The number of pyridine rings is 1. The molecule has 1 aromatic carbocycles. The molecule has 0 aliphatic carbocycles. The Labute approximate surface area is 148 Å². The van der Waals surface area contributed by atoms with E-state index in [0.29, 0.717) is 17.8 Å². The van der Waals surface area contributed by atoms with E-state index in [1.165, 1.54) is 11.1 Å². The van der Waals surface area contributed by atoms with Gasteiger partial charge in [-0.05, 0) is 44.5 Å². The van der Waals surface area contributed by atoms with Crippen molar-refractivity contribution in [2.45, 2.75) is 27.3 Å². The zero-order valence-corrected chi connectivity index (χ0v) is 14.7. The Morgan fingerprint density at radius 1 is 1.12 bits per heavy atom. The molecule has 4 nitrogen and oxygen atoms in total. The van der Waals surface area contributed by atoms with E-state index in [1.807, 2.05) is 42.8 Å². The second-order valence-electron chi connectivity index (χ2n) is 6.11. The Balaban J connectivity index is 1.95. The van der Waals surface area contributed by atoms with Crippen LogP contribution < -0.4 is 0 Å². The highest BCUT2D eigenvalue weighted by atomic mass is 15.3. The van der Waals surface area contributed by atoms with E-state index in [0.717, 1.165) is 17.0 Å². The van der Waals surface area contributed by atoms with Gasteiger partial charge in [0.25, 0.3) is 0 Å². The first-order valence-electron chi connectivity index (χ1n) is 8.21. The molecule has 0 amide bonds. The number of allylic oxidation sites excluding steroid dienone is 1. The molecular formula is C21H20N4. The molecule has 3 aromatic rings. The average molecular weight is 328 g/mol. The van der Waals surface area contributed by atoms with E-state index < -0.39 is 0 Å². The molecule has 0 bridgehead atoms. The van der Waals surface area contributed by atoms with Gasteiger partial charge in [0.2, 0.25) is 0 Å². The lowest BCUT2D eigenvalue weighted by atomic mass is 10.1. The smallest absolute Gasteiger partial charge is 0.101 e. The molecule has 2 heterocycles. The van der Waals surface area contributed by atoms with E-state index in [9.17, 15) is 5.26 Å². The van der Waals surface area contributed by atoms with Crippen molar-refractivity contribution in [3.05, 3.63) is 82.4 Å². The molecule has 0 radical (unpaired) electrons. The van der Waals surface area contributed by atoms with E-state index in [2.05, 4.69) is 47.3 Å². The maximum atomic E-state index is 9.51. The third-order valence-corrected chi connectivity index (χ3v) is 4.24. The molecule has 2 aromatic heterocycles. The largest absolute Gasteiger partial charge is 0.265 e. The SMILES string of the molecule is Cc1ccc(Cn2nc(C)c(C=C(C#N)c3ccccn3)c2C)cc1. The third kappa shape index (κ3) is 3.67. The molecule has 25 heavy (non-hydrogen) atoms. The molecule has 0 spiro atoms. The normalized spacial score (nSPS) is 11.4. The van der Waals surface area contributed by atoms with Crippen LogP contribution in [0.5, 0.6) is 0 Å². The lowest BCUT2D eigenvalue weighted by Gasteiger charge is -2.05. The van der Waals surface area contributed by atoms with E-state index in [4.69, 9.17) is 0 Å². The van der Waals surface area contributed by atoms with Crippen LogP contribution in [0, 0.1) is 32.1 Å². The van der Waals surface area contributed by atoms with Crippen LogP contribution in [0.3, 0.4) is 0 Å². The van der Waals surface area contributed by atoms with Gasteiger partial charge in [-0.3, -0.25) is 9.67 Å². The maximum absolute atomic E-state index is 9.51. The molecule has 0 atom stereocenters.